The lowest BCUT2D eigenvalue weighted by Gasteiger charge is -2.19. The van der Waals surface area contributed by atoms with E-state index in [4.69, 9.17) is 5.73 Å². The van der Waals surface area contributed by atoms with Crippen molar-refractivity contribution in [1.82, 2.24) is 5.32 Å². The van der Waals surface area contributed by atoms with Crippen molar-refractivity contribution in [1.29, 1.82) is 0 Å². The lowest BCUT2D eigenvalue weighted by Crippen LogP contribution is -2.33. The summed E-state index contributed by atoms with van der Waals surface area (Å²) in [5.74, 6) is 0. The minimum atomic E-state index is -0.166. The Morgan fingerprint density at radius 3 is 2.84 bits per heavy atom. The van der Waals surface area contributed by atoms with Crippen LogP contribution in [0.5, 0.6) is 0 Å². The van der Waals surface area contributed by atoms with E-state index in [1.807, 2.05) is 42.5 Å². The fourth-order valence-corrected chi connectivity index (χ4v) is 2.05. The van der Waals surface area contributed by atoms with Gasteiger partial charge in [-0.2, -0.15) is 0 Å². The highest BCUT2D eigenvalue weighted by Crippen LogP contribution is 2.27. The number of anilines is 4. The van der Waals surface area contributed by atoms with Gasteiger partial charge in [0.2, 0.25) is 0 Å². The second kappa shape index (κ2) is 4.53. The van der Waals surface area contributed by atoms with E-state index < -0.39 is 0 Å². The normalized spacial score (nSPS) is 13.2. The van der Waals surface area contributed by atoms with Crippen LogP contribution in [0.2, 0.25) is 0 Å². The molecule has 2 aromatic rings. The smallest absolute Gasteiger partial charge is 0.319 e. The van der Waals surface area contributed by atoms with Crippen molar-refractivity contribution < 1.29 is 4.79 Å². The number of amides is 2. The largest absolute Gasteiger partial charge is 0.397 e. The molecule has 0 atom stereocenters. The molecule has 0 radical (unpaired) electrons. The lowest BCUT2D eigenvalue weighted by molar-refractivity contribution is 0.251. The van der Waals surface area contributed by atoms with Gasteiger partial charge in [0.05, 0.1) is 11.4 Å². The Hall–Kier alpha value is -2.69. The number of nitrogens with two attached hydrogens (primary N) is 1. The van der Waals surface area contributed by atoms with Crippen LogP contribution < -0.4 is 21.7 Å². The number of carbonyl (C=O) groups excluding carboxylic acids is 1. The SMILES string of the molecule is Nc1ccccc1Nc1ccc2c(c1)CNC(=O)N2. The minimum absolute atomic E-state index is 0.166. The summed E-state index contributed by atoms with van der Waals surface area (Å²) in [5.41, 5.74) is 10.3. The Morgan fingerprint density at radius 1 is 1.16 bits per heavy atom. The Morgan fingerprint density at radius 2 is 2.00 bits per heavy atom. The molecule has 0 aromatic heterocycles. The van der Waals surface area contributed by atoms with Gasteiger partial charge in [0.25, 0.3) is 0 Å². The van der Waals surface area contributed by atoms with Gasteiger partial charge in [0.15, 0.2) is 0 Å². The van der Waals surface area contributed by atoms with Gasteiger partial charge < -0.3 is 21.7 Å². The summed E-state index contributed by atoms with van der Waals surface area (Å²) < 4.78 is 0. The molecule has 0 aliphatic carbocycles. The van der Waals surface area contributed by atoms with Gasteiger partial charge in [-0.05, 0) is 35.9 Å². The molecule has 0 unspecified atom stereocenters. The van der Waals surface area contributed by atoms with Gasteiger partial charge in [-0.1, -0.05) is 12.1 Å². The molecule has 2 amide bonds. The highest BCUT2D eigenvalue weighted by atomic mass is 16.2. The van der Waals surface area contributed by atoms with Gasteiger partial charge in [-0.3, -0.25) is 0 Å². The number of hydrogen-bond donors (Lipinski definition) is 4. The molecule has 96 valence electrons. The van der Waals surface area contributed by atoms with E-state index >= 15 is 0 Å². The fraction of sp³-hybridized carbons (Fsp3) is 0.0714. The minimum Gasteiger partial charge on any atom is -0.397 e. The second-order valence-electron chi connectivity index (χ2n) is 4.39. The van der Waals surface area contributed by atoms with Crippen molar-refractivity contribution in [2.75, 3.05) is 16.4 Å². The maximum Gasteiger partial charge on any atom is 0.319 e. The van der Waals surface area contributed by atoms with Crippen LogP contribution in [0, 0.1) is 0 Å². The molecule has 1 aliphatic heterocycles. The van der Waals surface area contributed by atoms with Crippen molar-refractivity contribution in [2.45, 2.75) is 6.54 Å². The lowest BCUT2D eigenvalue weighted by atomic mass is 10.1. The molecular weight excluding hydrogens is 240 g/mol. The van der Waals surface area contributed by atoms with Gasteiger partial charge in [-0.15, -0.1) is 0 Å². The van der Waals surface area contributed by atoms with E-state index in [1.54, 1.807) is 0 Å². The van der Waals surface area contributed by atoms with E-state index in [1.165, 1.54) is 0 Å². The molecule has 0 spiro atoms. The van der Waals surface area contributed by atoms with Crippen LogP contribution in [-0.2, 0) is 6.54 Å². The molecule has 0 fully saturated rings. The van der Waals surface area contributed by atoms with E-state index in [9.17, 15) is 4.79 Å². The average Bonchev–Trinajstić information content (AvgIpc) is 2.41. The first kappa shape index (κ1) is 11.4. The number of nitrogen functional groups attached to an aromatic ring is 1. The molecule has 5 N–H and O–H groups in total. The van der Waals surface area contributed by atoms with Gasteiger partial charge in [-0.25, -0.2) is 4.79 Å². The van der Waals surface area contributed by atoms with Gasteiger partial charge >= 0.3 is 6.03 Å². The summed E-state index contributed by atoms with van der Waals surface area (Å²) in [6.45, 7) is 0.529. The van der Waals surface area contributed by atoms with Crippen molar-refractivity contribution in [2.24, 2.45) is 0 Å². The first-order chi connectivity index (χ1) is 9.22. The topological polar surface area (TPSA) is 79.2 Å². The maximum atomic E-state index is 11.2. The summed E-state index contributed by atoms with van der Waals surface area (Å²) in [6, 6.07) is 13.2. The number of para-hydroxylation sites is 2. The molecule has 2 aromatic carbocycles. The number of rotatable bonds is 2. The zero-order chi connectivity index (χ0) is 13.2. The highest BCUT2D eigenvalue weighted by molar-refractivity contribution is 5.92. The number of nitrogens with one attached hydrogen (secondary N) is 3. The summed E-state index contributed by atoms with van der Waals surface area (Å²) in [5, 5.41) is 8.77. The third kappa shape index (κ3) is 2.30. The van der Waals surface area contributed by atoms with Crippen molar-refractivity contribution in [3.63, 3.8) is 0 Å². The van der Waals surface area contributed by atoms with Crippen LogP contribution in [-0.4, -0.2) is 6.03 Å². The number of carbonyl (C=O) groups is 1. The number of fused-ring (bicyclic) bond motifs is 1. The first-order valence-electron chi connectivity index (χ1n) is 6.02. The zero-order valence-electron chi connectivity index (χ0n) is 10.2. The summed E-state index contributed by atoms with van der Waals surface area (Å²) in [4.78, 5) is 11.2. The van der Waals surface area contributed by atoms with E-state index in [-0.39, 0.29) is 6.03 Å². The van der Waals surface area contributed by atoms with E-state index in [0.29, 0.717) is 12.2 Å². The van der Waals surface area contributed by atoms with Crippen LogP contribution in [0.1, 0.15) is 5.56 Å². The van der Waals surface area contributed by atoms with Gasteiger partial charge in [0, 0.05) is 17.9 Å². The molecule has 0 bridgehead atoms. The molecular formula is C14H14N4O. The molecule has 5 nitrogen and oxygen atoms in total. The van der Waals surface area contributed by atoms with Crippen molar-refractivity contribution in [3.05, 3.63) is 48.0 Å². The molecule has 0 saturated heterocycles. The van der Waals surface area contributed by atoms with Crippen LogP contribution in [0.15, 0.2) is 42.5 Å². The van der Waals surface area contributed by atoms with Crippen molar-refractivity contribution >= 4 is 28.8 Å². The molecule has 1 aliphatic rings. The van der Waals surface area contributed by atoms with Crippen molar-refractivity contribution in [3.8, 4) is 0 Å². The number of benzene rings is 2. The van der Waals surface area contributed by atoms with Crippen LogP contribution in [0.25, 0.3) is 0 Å². The Balaban J connectivity index is 1.87. The Labute approximate surface area is 110 Å². The predicted octanol–water partition coefficient (Wildman–Crippen LogP) is 2.65. The third-order valence-corrected chi connectivity index (χ3v) is 3.03. The Kier molecular flexibility index (Phi) is 2.72. The first-order valence-corrected chi connectivity index (χ1v) is 6.02. The second-order valence-corrected chi connectivity index (χ2v) is 4.39. The predicted molar refractivity (Wildman–Crippen MR) is 76.4 cm³/mol. The molecule has 19 heavy (non-hydrogen) atoms. The highest BCUT2D eigenvalue weighted by Gasteiger charge is 2.13. The van der Waals surface area contributed by atoms with Crippen LogP contribution in [0.4, 0.5) is 27.5 Å². The molecule has 1 heterocycles. The fourth-order valence-electron chi connectivity index (χ4n) is 2.05. The van der Waals surface area contributed by atoms with Gasteiger partial charge in [0.1, 0.15) is 0 Å². The van der Waals surface area contributed by atoms with Crippen LogP contribution >= 0.6 is 0 Å². The molecule has 0 saturated carbocycles. The number of urea groups is 1. The number of hydrogen-bond acceptors (Lipinski definition) is 3. The monoisotopic (exact) mass is 254 g/mol. The Bertz CT molecular complexity index is 639. The standard InChI is InChI=1S/C14H14N4O/c15-11-3-1-2-4-13(11)17-10-5-6-12-9(7-10)8-16-14(19)18-12/h1-7,17H,8,15H2,(H2,16,18,19). The summed E-state index contributed by atoms with van der Waals surface area (Å²) in [6.07, 6.45) is 0. The molecule has 3 rings (SSSR count). The van der Waals surface area contributed by atoms with Crippen LogP contribution in [0.3, 0.4) is 0 Å². The average molecular weight is 254 g/mol. The van der Waals surface area contributed by atoms with E-state index in [0.717, 1.165) is 22.6 Å². The third-order valence-electron chi connectivity index (χ3n) is 3.03. The zero-order valence-corrected chi connectivity index (χ0v) is 10.2. The molecule has 5 heteroatoms. The summed E-state index contributed by atoms with van der Waals surface area (Å²) in [7, 11) is 0. The maximum absolute atomic E-state index is 11.2. The summed E-state index contributed by atoms with van der Waals surface area (Å²) >= 11 is 0. The quantitative estimate of drug-likeness (QED) is 0.622. The van der Waals surface area contributed by atoms with E-state index in [2.05, 4.69) is 16.0 Å².